The highest BCUT2D eigenvalue weighted by Crippen LogP contribution is 2.29. The van der Waals surface area contributed by atoms with Gasteiger partial charge in [0.25, 0.3) is 0 Å². The third kappa shape index (κ3) is 2.72. The fourth-order valence-corrected chi connectivity index (χ4v) is 2.85. The Balaban J connectivity index is 1.69. The molecule has 3 aromatic carbocycles. The number of ketones is 1. The summed E-state index contributed by atoms with van der Waals surface area (Å²) in [5.41, 5.74) is 3.19. The zero-order valence-corrected chi connectivity index (χ0v) is 13.5. The highest BCUT2D eigenvalue weighted by atomic mass is 35.5. The highest BCUT2D eigenvalue weighted by molar-refractivity contribution is 6.30. The van der Waals surface area contributed by atoms with Gasteiger partial charge in [-0.1, -0.05) is 48.0 Å². The average molecular weight is 333 g/mol. The van der Waals surface area contributed by atoms with Crippen molar-refractivity contribution in [3.63, 3.8) is 0 Å². The van der Waals surface area contributed by atoms with Gasteiger partial charge in [0, 0.05) is 21.4 Å². The van der Waals surface area contributed by atoms with Gasteiger partial charge in [-0.3, -0.25) is 4.79 Å². The lowest BCUT2D eigenvalue weighted by Crippen LogP contribution is -1.93. The first-order valence-electron chi connectivity index (χ1n) is 7.60. The number of fused-ring (bicyclic) bond motifs is 3. The van der Waals surface area contributed by atoms with Crippen molar-refractivity contribution in [1.29, 1.82) is 0 Å². The van der Waals surface area contributed by atoms with Crippen molar-refractivity contribution < 1.29 is 9.21 Å². The van der Waals surface area contributed by atoms with Crippen molar-refractivity contribution in [3.05, 3.63) is 89.0 Å². The molecule has 0 fully saturated rings. The Bertz CT molecular complexity index is 1070. The van der Waals surface area contributed by atoms with Crippen LogP contribution in [0.3, 0.4) is 0 Å². The lowest BCUT2D eigenvalue weighted by Gasteiger charge is -1.97. The van der Waals surface area contributed by atoms with Crippen LogP contribution in [0.1, 0.15) is 15.9 Å². The van der Waals surface area contributed by atoms with Gasteiger partial charge in [0.15, 0.2) is 5.78 Å². The average Bonchev–Trinajstić information content (AvgIpc) is 2.99. The second kappa shape index (κ2) is 5.99. The number of allylic oxidation sites excluding steroid dienone is 1. The number of halogens is 1. The molecule has 4 aromatic rings. The predicted octanol–water partition coefficient (Wildman–Crippen LogP) is 6.14. The Morgan fingerprint density at radius 3 is 2.46 bits per heavy atom. The zero-order valence-electron chi connectivity index (χ0n) is 12.7. The van der Waals surface area contributed by atoms with Crippen LogP contribution in [-0.4, -0.2) is 5.78 Å². The van der Waals surface area contributed by atoms with Crippen LogP contribution in [0, 0.1) is 0 Å². The molecule has 0 saturated heterocycles. The van der Waals surface area contributed by atoms with E-state index in [0.717, 1.165) is 27.5 Å². The molecule has 0 aliphatic heterocycles. The molecule has 0 radical (unpaired) electrons. The second-order valence-electron chi connectivity index (χ2n) is 5.56. The van der Waals surface area contributed by atoms with Crippen LogP contribution in [-0.2, 0) is 0 Å². The van der Waals surface area contributed by atoms with Crippen LogP contribution in [0.5, 0.6) is 0 Å². The molecule has 0 saturated carbocycles. The van der Waals surface area contributed by atoms with Gasteiger partial charge in [0.2, 0.25) is 0 Å². The van der Waals surface area contributed by atoms with Crippen molar-refractivity contribution in [2.24, 2.45) is 0 Å². The molecule has 0 amide bonds. The number of para-hydroxylation sites is 1. The van der Waals surface area contributed by atoms with Crippen molar-refractivity contribution in [3.8, 4) is 0 Å². The Kier molecular flexibility index (Phi) is 3.68. The van der Waals surface area contributed by atoms with E-state index in [0.29, 0.717) is 10.6 Å². The normalized spacial score (nSPS) is 11.5. The first kappa shape index (κ1) is 14.7. The Labute approximate surface area is 144 Å². The molecule has 0 aliphatic rings. The second-order valence-corrected chi connectivity index (χ2v) is 5.99. The minimum Gasteiger partial charge on any atom is -0.456 e. The van der Waals surface area contributed by atoms with E-state index in [9.17, 15) is 4.79 Å². The number of hydrogen-bond acceptors (Lipinski definition) is 2. The van der Waals surface area contributed by atoms with Crippen LogP contribution < -0.4 is 0 Å². The van der Waals surface area contributed by atoms with Crippen LogP contribution >= 0.6 is 11.6 Å². The molecule has 24 heavy (non-hydrogen) atoms. The first-order chi connectivity index (χ1) is 11.7. The monoisotopic (exact) mass is 332 g/mol. The van der Waals surface area contributed by atoms with Gasteiger partial charge in [0.1, 0.15) is 11.2 Å². The minimum absolute atomic E-state index is 0.0443. The molecule has 0 unspecified atom stereocenters. The van der Waals surface area contributed by atoms with E-state index in [2.05, 4.69) is 0 Å². The summed E-state index contributed by atoms with van der Waals surface area (Å²) in [6.45, 7) is 0. The molecule has 0 aliphatic carbocycles. The molecule has 4 rings (SSSR count). The van der Waals surface area contributed by atoms with Crippen molar-refractivity contribution >= 4 is 45.4 Å². The molecule has 0 atom stereocenters. The third-order valence-corrected chi connectivity index (χ3v) is 4.21. The van der Waals surface area contributed by atoms with E-state index >= 15 is 0 Å². The molecule has 1 aromatic heterocycles. The Morgan fingerprint density at radius 1 is 0.875 bits per heavy atom. The van der Waals surface area contributed by atoms with Crippen LogP contribution in [0.15, 0.2) is 77.2 Å². The maximum atomic E-state index is 12.4. The Hall–Kier alpha value is -2.84. The first-order valence-corrected chi connectivity index (χ1v) is 7.98. The molecule has 3 heteroatoms. The summed E-state index contributed by atoms with van der Waals surface area (Å²) >= 11 is 5.86. The largest absolute Gasteiger partial charge is 0.456 e. The van der Waals surface area contributed by atoms with Crippen molar-refractivity contribution in [1.82, 2.24) is 0 Å². The molecular formula is C21H13ClO2. The number of hydrogen-bond donors (Lipinski definition) is 0. The number of carbonyl (C=O) groups excluding carboxylic acids is 1. The summed E-state index contributed by atoms with van der Waals surface area (Å²) in [6, 6.07) is 20.7. The molecule has 116 valence electrons. The van der Waals surface area contributed by atoms with E-state index in [4.69, 9.17) is 16.0 Å². The maximum absolute atomic E-state index is 12.4. The third-order valence-electron chi connectivity index (χ3n) is 3.96. The smallest absolute Gasteiger partial charge is 0.185 e. The fourth-order valence-electron chi connectivity index (χ4n) is 2.72. The quantitative estimate of drug-likeness (QED) is 0.333. The molecule has 1 heterocycles. The number of rotatable bonds is 3. The standard InChI is InChI=1S/C21H13ClO2/c22-16-9-5-14(6-10-16)7-11-19(23)15-8-12-21-18(13-15)17-3-1-2-4-20(17)24-21/h1-13H/b11-7+. The molecule has 0 spiro atoms. The van der Waals surface area contributed by atoms with Gasteiger partial charge in [0.05, 0.1) is 0 Å². The van der Waals surface area contributed by atoms with Gasteiger partial charge >= 0.3 is 0 Å². The summed E-state index contributed by atoms with van der Waals surface area (Å²) in [4.78, 5) is 12.4. The van der Waals surface area contributed by atoms with E-state index in [1.807, 2.05) is 48.5 Å². The van der Waals surface area contributed by atoms with Gasteiger partial charge in [-0.2, -0.15) is 0 Å². The van der Waals surface area contributed by atoms with E-state index in [1.54, 1.807) is 30.4 Å². The van der Waals surface area contributed by atoms with Gasteiger partial charge < -0.3 is 4.42 Å². The predicted molar refractivity (Wildman–Crippen MR) is 98.5 cm³/mol. The Morgan fingerprint density at radius 2 is 1.62 bits per heavy atom. The molecular weight excluding hydrogens is 320 g/mol. The summed E-state index contributed by atoms with van der Waals surface area (Å²) in [5, 5.41) is 2.65. The zero-order chi connectivity index (χ0) is 16.5. The molecule has 2 nitrogen and oxygen atoms in total. The maximum Gasteiger partial charge on any atom is 0.185 e. The van der Waals surface area contributed by atoms with Crippen molar-refractivity contribution in [2.75, 3.05) is 0 Å². The summed E-state index contributed by atoms with van der Waals surface area (Å²) in [5.74, 6) is -0.0443. The fraction of sp³-hybridized carbons (Fsp3) is 0. The van der Waals surface area contributed by atoms with Gasteiger partial charge in [-0.15, -0.1) is 0 Å². The van der Waals surface area contributed by atoms with Gasteiger partial charge in [-0.05, 0) is 48.0 Å². The summed E-state index contributed by atoms with van der Waals surface area (Å²) in [6.07, 6.45) is 3.36. The summed E-state index contributed by atoms with van der Waals surface area (Å²) < 4.78 is 5.79. The number of benzene rings is 3. The van der Waals surface area contributed by atoms with E-state index < -0.39 is 0 Å². The van der Waals surface area contributed by atoms with Crippen molar-refractivity contribution in [2.45, 2.75) is 0 Å². The van der Waals surface area contributed by atoms with Crippen LogP contribution in [0.2, 0.25) is 5.02 Å². The number of carbonyl (C=O) groups is 1. The van der Waals surface area contributed by atoms with E-state index in [1.165, 1.54) is 0 Å². The lowest BCUT2D eigenvalue weighted by atomic mass is 10.1. The topological polar surface area (TPSA) is 30.2 Å². The highest BCUT2D eigenvalue weighted by Gasteiger charge is 2.09. The number of furan rings is 1. The molecule has 0 N–H and O–H groups in total. The van der Waals surface area contributed by atoms with E-state index in [-0.39, 0.29) is 5.78 Å². The SMILES string of the molecule is O=C(/C=C/c1ccc(Cl)cc1)c1ccc2oc3ccccc3c2c1. The minimum atomic E-state index is -0.0443. The summed E-state index contributed by atoms with van der Waals surface area (Å²) in [7, 11) is 0. The van der Waals surface area contributed by atoms with Crippen LogP contribution in [0.25, 0.3) is 28.0 Å². The molecule has 0 bridgehead atoms. The lowest BCUT2D eigenvalue weighted by molar-refractivity contribution is 0.104. The van der Waals surface area contributed by atoms with Gasteiger partial charge in [-0.25, -0.2) is 0 Å². The van der Waals surface area contributed by atoms with Crippen LogP contribution in [0.4, 0.5) is 0 Å².